The summed E-state index contributed by atoms with van der Waals surface area (Å²) in [6.45, 7) is 4.10. The van der Waals surface area contributed by atoms with E-state index >= 15 is 0 Å². The van der Waals surface area contributed by atoms with Gasteiger partial charge in [-0.25, -0.2) is 0 Å². The van der Waals surface area contributed by atoms with Crippen LogP contribution in [0.2, 0.25) is 0 Å². The average Bonchev–Trinajstić information content (AvgIpc) is 3.01. The van der Waals surface area contributed by atoms with E-state index in [1.54, 1.807) is 0 Å². The van der Waals surface area contributed by atoms with Gasteiger partial charge in [0.2, 0.25) is 0 Å². The van der Waals surface area contributed by atoms with Crippen LogP contribution in [0.5, 0.6) is 11.5 Å². The van der Waals surface area contributed by atoms with Crippen LogP contribution in [0.1, 0.15) is 41.1 Å². The maximum Gasteiger partial charge on any atom is 0.276 e. The minimum absolute atomic E-state index is 0.00808. The summed E-state index contributed by atoms with van der Waals surface area (Å²) in [7, 11) is 0. The number of benzene rings is 1. The van der Waals surface area contributed by atoms with Crippen molar-refractivity contribution in [2.24, 2.45) is 0 Å². The summed E-state index contributed by atoms with van der Waals surface area (Å²) in [4.78, 5) is 17.2. The van der Waals surface area contributed by atoms with E-state index in [1.165, 1.54) is 6.42 Å². The molecular formula is C21H25N3O4. The summed E-state index contributed by atoms with van der Waals surface area (Å²) in [6.07, 6.45) is 5.20. The molecule has 0 radical (unpaired) electrons. The highest BCUT2D eigenvalue weighted by Crippen LogP contribution is 2.34. The summed E-state index contributed by atoms with van der Waals surface area (Å²) in [5, 5.41) is 4.13. The monoisotopic (exact) mass is 383 g/mol. The first-order chi connectivity index (χ1) is 13.8. The van der Waals surface area contributed by atoms with E-state index in [-0.39, 0.29) is 5.91 Å². The molecule has 2 aromatic rings. The average molecular weight is 383 g/mol. The Labute approximate surface area is 164 Å². The van der Waals surface area contributed by atoms with Gasteiger partial charge in [0.05, 0.1) is 0 Å². The molecule has 0 saturated carbocycles. The molecule has 7 heteroatoms. The van der Waals surface area contributed by atoms with Crippen LogP contribution in [0, 0.1) is 0 Å². The third-order valence-electron chi connectivity index (χ3n) is 5.86. The summed E-state index contributed by atoms with van der Waals surface area (Å²) in [5.41, 5.74) is 2.67. The van der Waals surface area contributed by atoms with Crippen molar-refractivity contribution in [3.63, 3.8) is 0 Å². The van der Waals surface area contributed by atoms with E-state index in [0.717, 1.165) is 67.3 Å². The quantitative estimate of drug-likeness (QED) is 0.743. The highest BCUT2D eigenvalue weighted by atomic mass is 16.6. The SMILES string of the molecule is O=C(c1noc2c1CCCCC2)N1CCN(c2ccc3c(c2)OCCO3)CC1. The zero-order valence-corrected chi connectivity index (χ0v) is 16.0. The van der Waals surface area contributed by atoms with Crippen LogP contribution in [0.15, 0.2) is 22.7 Å². The fraction of sp³-hybridized carbons (Fsp3) is 0.524. The van der Waals surface area contributed by atoms with Gasteiger partial charge in [-0.2, -0.15) is 0 Å². The summed E-state index contributed by atoms with van der Waals surface area (Å²) in [5.74, 6) is 2.52. The maximum atomic E-state index is 13.0. The summed E-state index contributed by atoms with van der Waals surface area (Å²) < 4.78 is 16.8. The summed E-state index contributed by atoms with van der Waals surface area (Å²) >= 11 is 0. The number of rotatable bonds is 2. The van der Waals surface area contributed by atoms with Gasteiger partial charge in [0.1, 0.15) is 19.0 Å². The van der Waals surface area contributed by atoms with Gasteiger partial charge < -0.3 is 23.8 Å². The molecule has 0 N–H and O–H groups in total. The maximum absolute atomic E-state index is 13.0. The number of anilines is 1. The van der Waals surface area contributed by atoms with E-state index in [9.17, 15) is 4.79 Å². The van der Waals surface area contributed by atoms with E-state index in [4.69, 9.17) is 14.0 Å². The van der Waals surface area contributed by atoms with Crippen molar-refractivity contribution < 1.29 is 18.8 Å². The van der Waals surface area contributed by atoms with Crippen molar-refractivity contribution in [1.29, 1.82) is 0 Å². The van der Waals surface area contributed by atoms with Gasteiger partial charge in [0.25, 0.3) is 5.91 Å². The number of carbonyl (C=O) groups excluding carboxylic acids is 1. The first kappa shape index (κ1) is 17.4. The van der Waals surface area contributed by atoms with Crippen molar-refractivity contribution in [3.8, 4) is 11.5 Å². The number of ether oxygens (including phenoxy) is 2. The Morgan fingerprint density at radius 2 is 1.71 bits per heavy atom. The van der Waals surface area contributed by atoms with Gasteiger partial charge in [-0.3, -0.25) is 4.79 Å². The lowest BCUT2D eigenvalue weighted by molar-refractivity contribution is 0.0735. The first-order valence-corrected chi connectivity index (χ1v) is 10.2. The van der Waals surface area contributed by atoms with E-state index in [1.807, 2.05) is 17.0 Å². The Morgan fingerprint density at radius 1 is 0.929 bits per heavy atom. The Balaban J connectivity index is 1.26. The molecule has 1 aromatic heterocycles. The van der Waals surface area contributed by atoms with Gasteiger partial charge in [0.15, 0.2) is 17.2 Å². The van der Waals surface area contributed by atoms with Crippen molar-refractivity contribution in [2.75, 3.05) is 44.3 Å². The van der Waals surface area contributed by atoms with Crippen LogP contribution >= 0.6 is 0 Å². The molecule has 1 aromatic carbocycles. The van der Waals surface area contributed by atoms with Crippen LogP contribution in [0.4, 0.5) is 5.69 Å². The number of aryl methyl sites for hydroxylation is 1. The molecule has 3 aliphatic rings. The normalized spacial score (nSPS) is 19.1. The Morgan fingerprint density at radius 3 is 2.57 bits per heavy atom. The zero-order valence-electron chi connectivity index (χ0n) is 16.0. The molecule has 2 aliphatic heterocycles. The number of aromatic nitrogens is 1. The molecule has 28 heavy (non-hydrogen) atoms. The van der Waals surface area contributed by atoms with Crippen molar-refractivity contribution in [2.45, 2.75) is 32.1 Å². The van der Waals surface area contributed by atoms with Crippen LogP contribution in [-0.2, 0) is 12.8 Å². The van der Waals surface area contributed by atoms with Gasteiger partial charge in [-0.05, 0) is 31.4 Å². The van der Waals surface area contributed by atoms with Gasteiger partial charge in [0, 0.05) is 49.9 Å². The van der Waals surface area contributed by atoms with Crippen molar-refractivity contribution in [3.05, 3.63) is 35.2 Å². The van der Waals surface area contributed by atoms with Gasteiger partial charge in [-0.15, -0.1) is 0 Å². The Bertz CT molecular complexity index is 871. The molecule has 0 unspecified atom stereocenters. The number of nitrogens with zero attached hydrogens (tertiary/aromatic N) is 3. The molecule has 1 saturated heterocycles. The number of hydrogen-bond donors (Lipinski definition) is 0. The molecule has 0 atom stereocenters. The third-order valence-corrected chi connectivity index (χ3v) is 5.86. The molecule has 5 rings (SSSR count). The largest absolute Gasteiger partial charge is 0.486 e. The van der Waals surface area contributed by atoms with Crippen molar-refractivity contribution in [1.82, 2.24) is 10.1 Å². The van der Waals surface area contributed by atoms with Crippen LogP contribution in [-0.4, -0.2) is 55.4 Å². The molecule has 0 spiro atoms. The van der Waals surface area contributed by atoms with E-state index in [0.29, 0.717) is 32.0 Å². The predicted molar refractivity (Wildman–Crippen MR) is 103 cm³/mol. The molecule has 148 valence electrons. The first-order valence-electron chi connectivity index (χ1n) is 10.2. The highest BCUT2D eigenvalue weighted by Gasteiger charge is 2.29. The molecule has 0 bridgehead atoms. The minimum atomic E-state index is 0.00808. The molecule has 1 amide bonds. The third kappa shape index (κ3) is 3.19. The highest BCUT2D eigenvalue weighted by molar-refractivity contribution is 5.94. The predicted octanol–water partition coefficient (Wildman–Crippen LogP) is 2.68. The second-order valence-electron chi connectivity index (χ2n) is 7.60. The summed E-state index contributed by atoms with van der Waals surface area (Å²) in [6, 6.07) is 6.05. The second-order valence-corrected chi connectivity index (χ2v) is 7.60. The van der Waals surface area contributed by atoms with Crippen LogP contribution in [0.3, 0.4) is 0 Å². The lowest BCUT2D eigenvalue weighted by atomic mass is 10.1. The number of amides is 1. The fourth-order valence-electron chi connectivity index (χ4n) is 4.28. The number of carbonyl (C=O) groups is 1. The molecule has 7 nitrogen and oxygen atoms in total. The molecule has 1 fully saturated rings. The topological polar surface area (TPSA) is 68.0 Å². The fourth-order valence-corrected chi connectivity index (χ4v) is 4.28. The number of hydrogen-bond acceptors (Lipinski definition) is 6. The van der Waals surface area contributed by atoms with E-state index in [2.05, 4.69) is 16.1 Å². The second kappa shape index (κ2) is 7.37. The standard InChI is InChI=1S/C21H25N3O4/c25-21(20-16-4-2-1-3-5-17(16)28-22-20)24-10-8-23(9-11-24)15-6-7-18-19(14-15)27-13-12-26-18/h6-7,14H,1-5,8-13H2. The number of piperazine rings is 1. The lowest BCUT2D eigenvalue weighted by Crippen LogP contribution is -2.49. The minimum Gasteiger partial charge on any atom is -0.486 e. The van der Waals surface area contributed by atoms with Crippen LogP contribution in [0.25, 0.3) is 0 Å². The molecule has 1 aliphatic carbocycles. The Kier molecular flexibility index (Phi) is 4.58. The zero-order chi connectivity index (χ0) is 18.9. The smallest absolute Gasteiger partial charge is 0.276 e. The molecular weight excluding hydrogens is 358 g/mol. The number of fused-ring (bicyclic) bond motifs is 2. The van der Waals surface area contributed by atoms with Gasteiger partial charge >= 0.3 is 0 Å². The van der Waals surface area contributed by atoms with Crippen LogP contribution < -0.4 is 14.4 Å². The lowest BCUT2D eigenvalue weighted by Gasteiger charge is -2.36. The Hall–Kier alpha value is -2.70. The van der Waals surface area contributed by atoms with Crippen molar-refractivity contribution >= 4 is 11.6 Å². The molecule has 3 heterocycles. The van der Waals surface area contributed by atoms with E-state index < -0.39 is 0 Å². The van der Waals surface area contributed by atoms with Gasteiger partial charge in [-0.1, -0.05) is 11.6 Å².